The summed E-state index contributed by atoms with van der Waals surface area (Å²) in [6, 6.07) is 23.2. The Morgan fingerprint density at radius 1 is 0.939 bits per heavy atom. The maximum atomic E-state index is 12.8. The summed E-state index contributed by atoms with van der Waals surface area (Å²) in [7, 11) is 0. The molecule has 33 heavy (non-hydrogen) atoms. The third-order valence-electron chi connectivity index (χ3n) is 5.17. The van der Waals surface area contributed by atoms with Gasteiger partial charge in [-0.3, -0.25) is 14.5 Å². The molecule has 3 aromatic rings. The molecule has 0 atom stereocenters. The Balaban J connectivity index is 1.40. The average Bonchev–Trinajstić information content (AvgIpc) is 3.01. The number of hydrogen-bond donors (Lipinski definition) is 1. The molecular weight excluding hydrogens is 440 g/mol. The summed E-state index contributed by atoms with van der Waals surface area (Å²) >= 11 is 6.17. The van der Waals surface area contributed by atoms with Gasteiger partial charge in [0.15, 0.2) is 0 Å². The zero-order valence-electron chi connectivity index (χ0n) is 17.9. The first-order valence-corrected chi connectivity index (χ1v) is 10.8. The average molecular weight is 461 g/mol. The minimum atomic E-state index is -0.529. The van der Waals surface area contributed by atoms with Gasteiger partial charge in [0.05, 0.1) is 5.56 Å². The predicted octanol–water partition coefficient (Wildman–Crippen LogP) is 4.69. The summed E-state index contributed by atoms with van der Waals surface area (Å²) in [5.41, 5.74) is 2.88. The Kier molecular flexibility index (Phi) is 6.56. The van der Waals surface area contributed by atoms with E-state index < -0.39 is 17.8 Å². The number of carbonyl (C=O) groups excluding carboxylic acids is 3. The second-order valence-electron chi connectivity index (χ2n) is 7.59. The van der Waals surface area contributed by atoms with E-state index in [4.69, 9.17) is 16.3 Å². The van der Waals surface area contributed by atoms with Crippen LogP contribution in [0.15, 0.2) is 89.6 Å². The van der Waals surface area contributed by atoms with Gasteiger partial charge in [0.1, 0.15) is 16.5 Å². The van der Waals surface area contributed by atoms with Crippen LogP contribution in [0.5, 0.6) is 5.75 Å². The van der Waals surface area contributed by atoms with Gasteiger partial charge >= 0.3 is 5.97 Å². The van der Waals surface area contributed by atoms with Crippen LogP contribution in [0, 0.1) is 6.92 Å². The van der Waals surface area contributed by atoms with Gasteiger partial charge in [-0.1, -0.05) is 54.1 Å². The minimum Gasteiger partial charge on any atom is -0.423 e. The lowest BCUT2D eigenvalue weighted by Crippen LogP contribution is -2.34. The highest BCUT2D eigenvalue weighted by Gasteiger charge is 2.37. The molecule has 1 heterocycles. The van der Waals surface area contributed by atoms with E-state index in [0.717, 1.165) is 16.0 Å². The van der Waals surface area contributed by atoms with Crippen LogP contribution in [0.4, 0.5) is 5.69 Å². The lowest BCUT2D eigenvalue weighted by atomic mass is 10.1. The summed E-state index contributed by atoms with van der Waals surface area (Å²) in [5, 5.41) is 2.75. The van der Waals surface area contributed by atoms with Gasteiger partial charge in [0, 0.05) is 12.2 Å². The maximum absolute atomic E-state index is 12.8. The summed E-state index contributed by atoms with van der Waals surface area (Å²) in [5.74, 6) is -1.05. The van der Waals surface area contributed by atoms with Gasteiger partial charge in [0.25, 0.3) is 11.8 Å². The van der Waals surface area contributed by atoms with E-state index in [2.05, 4.69) is 5.32 Å². The fourth-order valence-corrected chi connectivity index (χ4v) is 3.65. The maximum Gasteiger partial charge on any atom is 0.343 e. The van der Waals surface area contributed by atoms with Crippen LogP contribution in [0.1, 0.15) is 21.5 Å². The second-order valence-corrected chi connectivity index (χ2v) is 7.97. The molecule has 1 aliphatic rings. The van der Waals surface area contributed by atoms with Gasteiger partial charge < -0.3 is 10.1 Å². The van der Waals surface area contributed by atoms with E-state index in [1.54, 1.807) is 36.4 Å². The molecule has 6 nitrogen and oxygen atoms in total. The Morgan fingerprint density at radius 2 is 1.67 bits per heavy atom. The van der Waals surface area contributed by atoms with Crippen molar-refractivity contribution >= 4 is 35.1 Å². The molecule has 3 aromatic carbocycles. The van der Waals surface area contributed by atoms with Crippen LogP contribution >= 0.6 is 11.6 Å². The van der Waals surface area contributed by atoms with Crippen molar-refractivity contribution in [1.29, 1.82) is 0 Å². The van der Waals surface area contributed by atoms with Crippen molar-refractivity contribution in [3.05, 3.63) is 106 Å². The van der Waals surface area contributed by atoms with Crippen molar-refractivity contribution in [2.24, 2.45) is 0 Å². The number of imide groups is 1. The first-order chi connectivity index (χ1) is 15.9. The Morgan fingerprint density at radius 3 is 2.36 bits per heavy atom. The van der Waals surface area contributed by atoms with E-state index in [1.807, 2.05) is 49.4 Å². The third kappa shape index (κ3) is 5.13. The summed E-state index contributed by atoms with van der Waals surface area (Å²) in [6.07, 6.45) is 0.535. The molecule has 0 bridgehead atoms. The molecule has 166 valence electrons. The van der Waals surface area contributed by atoms with Gasteiger partial charge in [0.2, 0.25) is 0 Å². The minimum absolute atomic E-state index is 0.0183. The lowest BCUT2D eigenvalue weighted by Gasteiger charge is -2.15. The molecule has 0 unspecified atom stereocenters. The molecule has 0 aromatic heterocycles. The zero-order chi connectivity index (χ0) is 23.4. The monoisotopic (exact) mass is 460 g/mol. The molecule has 2 amide bonds. The SMILES string of the molecule is Cc1cccc(OC(=O)c2ccc(NC3=C(Cl)C(=O)N(CCc4ccccc4)C3=O)cc2)c1. The van der Waals surface area contributed by atoms with Crippen LogP contribution in [-0.4, -0.2) is 29.2 Å². The molecular formula is C26H21ClN2O4. The number of hydrogen-bond acceptors (Lipinski definition) is 5. The van der Waals surface area contributed by atoms with Crippen molar-refractivity contribution in [2.75, 3.05) is 11.9 Å². The van der Waals surface area contributed by atoms with Crippen molar-refractivity contribution in [3.8, 4) is 5.75 Å². The molecule has 0 fully saturated rings. The summed E-state index contributed by atoms with van der Waals surface area (Å²) in [6.45, 7) is 2.14. The molecule has 1 N–H and O–H groups in total. The van der Waals surface area contributed by atoms with E-state index >= 15 is 0 Å². The number of esters is 1. The van der Waals surface area contributed by atoms with Crippen LogP contribution in [-0.2, 0) is 16.0 Å². The number of anilines is 1. The second kappa shape index (κ2) is 9.71. The van der Waals surface area contributed by atoms with E-state index in [0.29, 0.717) is 23.4 Å². The fraction of sp³-hybridized carbons (Fsp3) is 0.115. The highest BCUT2D eigenvalue weighted by Crippen LogP contribution is 2.26. The van der Waals surface area contributed by atoms with Crippen molar-refractivity contribution in [2.45, 2.75) is 13.3 Å². The molecule has 4 rings (SSSR count). The number of halogens is 1. The third-order valence-corrected chi connectivity index (χ3v) is 5.52. The zero-order valence-corrected chi connectivity index (χ0v) is 18.6. The van der Waals surface area contributed by atoms with Gasteiger partial charge in [-0.15, -0.1) is 0 Å². The number of amides is 2. The topological polar surface area (TPSA) is 75.7 Å². The number of aryl methyl sites for hydroxylation is 1. The predicted molar refractivity (Wildman–Crippen MR) is 126 cm³/mol. The first kappa shape index (κ1) is 22.3. The summed E-state index contributed by atoms with van der Waals surface area (Å²) in [4.78, 5) is 38.8. The molecule has 7 heteroatoms. The van der Waals surface area contributed by atoms with Crippen LogP contribution in [0.3, 0.4) is 0 Å². The Labute approximate surface area is 196 Å². The lowest BCUT2D eigenvalue weighted by molar-refractivity contribution is -0.137. The highest BCUT2D eigenvalue weighted by molar-refractivity contribution is 6.48. The quantitative estimate of drug-likeness (QED) is 0.314. The van der Waals surface area contributed by atoms with Crippen LogP contribution in [0.25, 0.3) is 0 Å². The van der Waals surface area contributed by atoms with Crippen molar-refractivity contribution < 1.29 is 19.1 Å². The largest absolute Gasteiger partial charge is 0.423 e. The Hall–Kier alpha value is -3.90. The number of carbonyl (C=O) groups is 3. The van der Waals surface area contributed by atoms with E-state index in [-0.39, 0.29) is 17.3 Å². The van der Waals surface area contributed by atoms with Gasteiger partial charge in [-0.2, -0.15) is 0 Å². The molecule has 0 saturated carbocycles. The smallest absolute Gasteiger partial charge is 0.343 e. The number of nitrogens with zero attached hydrogens (tertiary/aromatic N) is 1. The molecule has 1 aliphatic heterocycles. The van der Waals surface area contributed by atoms with Crippen LogP contribution in [0.2, 0.25) is 0 Å². The standard InChI is InChI=1S/C26H21ClN2O4/c1-17-6-5-9-21(16-17)33-26(32)19-10-12-20(13-11-19)28-23-22(27)24(30)29(25(23)31)15-14-18-7-3-2-4-8-18/h2-13,16,28H,14-15H2,1H3. The van der Waals surface area contributed by atoms with Crippen molar-refractivity contribution in [3.63, 3.8) is 0 Å². The number of ether oxygens (including phenoxy) is 1. The molecule has 0 aliphatic carbocycles. The van der Waals surface area contributed by atoms with E-state index in [9.17, 15) is 14.4 Å². The highest BCUT2D eigenvalue weighted by atomic mass is 35.5. The van der Waals surface area contributed by atoms with E-state index in [1.165, 1.54) is 0 Å². The summed E-state index contributed by atoms with van der Waals surface area (Å²) < 4.78 is 5.38. The van der Waals surface area contributed by atoms with Gasteiger partial charge in [-0.25, -0.2) is 4.79 Å². The number of benzene rings is 3. The molecule has 0 radical (unpaired) electrons. The van der Waals surface area contributed by atoms with Crippen LogP contribution < -0.4 is 10.1 Å². The normalized spacial score (nSPS) is 13.5. The fourth-order valence-electron chi connectivity index (χ4n) is 3.42. The first-order valence-electron chi connectivity index (χ1n) is 10.4. The number of rotatable bonds is 7. The molecule has 0 spiro atoms. The van der Waals surface area contributed by atoms with Gasteiger partial charge in [-0.05, 0) is 60.9 Å². The Bertz CT molecular complexity index is 1240. The van der Waals surface area contributed by atoms with Crippen molar-refractivity contribution in [1.82, 2.24) is 4.90 Å². The number of nitrogens with one attached hydrogen (secondary N) is 1. The molecule has 0 saturated heterocycles.